The van der Waals surface area contributed by atoms with Crippen LogP contribution in [0.1, 0.15) is 46.1 Å². The first-order chi connectivity index (χ1) is 15.6. The zero-order valence-corrected chi connectivity index (χ0v) is 21.0. The Morgan fingerprint density at radius 3 is 2.45 bits per heavy atom. The smallest absolute Gasteiger partial charge is 0.243 e. The van der Waals surface area contributed by atoms with Crippen molar-refractivity contribution in [3.05, 3.63) is 23.8 Å². The number of likely N-dealkylation sites (N-methyl/N-ethyl adjacent to an activating group) is 1. The Balaban J connectivity index is 1.57. The largest absolute Gasteiger partial charge is 0.339 e. The number of carbonyl (C=O) groups is 2. The van der Waals surface area contributed by atoms with E-state index in [9.17, 15) is 18.0 Å². The predicted molar refractivity (Wildman–Crippen MR) is 128 cm³/mol. The summed E-state index contributed by atoms with van der Waals surface area (Å²) in [7, 11) is -3.63. The van der Waals surface area contributed by atoms with Crippen molar-refractivity contribution < 1.29 is 18.0 Å². The third-order valence-corrected chi connectivity index (χ3v) is 9.30. The fourth-order valence-electron chi connectivity index (χ4n) is 5.19. The number of amides is 2. The van der Waals surface area contributed by atoms with E-state index in [1.165, 1.54) is 4.90 Å². The number of sulfonamides is 1. The van der Waals surface area contributed by atoms with Gasteiger partial charge in [-0.2, -0.15) is 4.31 Å². The Labute approximate surface area is 197 Å². The molecule has 4 rings (SSSR count). The lowest BCUT2D eigenvalue weighted by Gasteiger charge is -2.35. The van der Waals surface area contributed by atoms with Gasteiger partial charge in [0.05, 0.1) is 10.3 Å². The molecule has 1 aromatic carbocycles. The Bertz CT molecular complexity index is 1030. The molecule has 3 aliphatic heterocycles. The average molecular weight is 477 g/mol. The maximum absolute atomic E-state index is 13.3. The summed E-state index contributed by atoms with van der Waals surface area (Å²) < 4.78 is 28.2. The molecule has 9 heteroatoms. The number of benzene rings is 1. The first-order valence-corrected chi connectivity index (χ1v) is 13.5. The van der Waals surface area contributed by atoms with E-state index in [1.54, 1.807) is 36.4 Å². The average Bonchev–Trinajstić information content (AvgIpc) is 2.99. The number of rotatable bonds is 5. The monoisotopic (exact) mass is 476 g/mol. The summed E-state index contributed by atoms with van der Waals surface area (Å²) in [5.41, 5.74) is 0.413. The number of hydrogen-bond donors (Lipinski definition) is 0. The van der Waals surface area contributed by atoms with E-state index in [2.05, 4.69) is 18.7 Å². The third kappa shape index (κ3) is 4.42. The molecule has 0 N–H and O–H groups in total. The SMILES string of the molecule is CCN1CCN(C(=O)CN2C(=O)C(C)(C)c3cc(S(=O)(=O)N4CCC[C@@H](C)C4)ccc32)CC1. The highest BCUT2D eigenvalue weighted by Crippen LogP contribution is 2.43. The number of carbonyl (C=O) groups excluding carboxylic acids is 2. The van der Waals surface area contributed by atoms with Crippen molar-refractivity contribution in [3.63, 3.8) is 0 Å². The summed E-state index contributed by atoms with van der Waals surface area (Å²) in [6.07, 6.45) is 1.89. The van der Waals surface area contributed by atoms with Gasteiger partial charge in [0.15, 0.2) is 0 Å². The van der Waals surface area contributed by atoms with Crippen LogP contribution >= 0.6 is 0 Å². The van der Waals surface area contributed by atoms with Crippen molar-refractivity contribution in [1.82, 2.24) is 14.1 Å². The molecule has 1 atom stereocenters. The fraction of sp³-hybridized carbons (Fsp3) is 0.667. The molecule has 0 bridgehead atoms. The van der Waals surface area contributed by atoms with Crippen molar-refractivity contribution in [3.8, 4) is 0 Å². The van der Waals surface area contributed by atoms with Gasteiger partial charge in [0, 0.05) is 45.0 Å². The zero-order valence-electron chi connectivity index (χ0n) is 20.2. The van der Waals surface area contributed by atoms with Crippen LogP contribution < -0.4 is 4.90 Å². The predicted octanol–water partition coefficient (Wildman–Crippen LogP) is 1.90. The van der Waals surface area contributed by atoms with Crippen LogP contribution in [0.15, 0.2) is 23.1 Å². The van der Waals surface area contributed by atoms with Crippen LogP contribution in [0.25, 0.3) is 0 Å². The van der Waals surface area contributed by atoms with Crippen LogP contribution in [0.2, 0.25) is 0 Å². The maximum atomic E-state index is 13.3. The van der Waals surface area contributed by atoms with Gasteiger partial charge in [0.25, 0.3) is 0 Å². The molecule has 0 aliphatic carbocycles. The summed E-state index contributed by atoms with van der Waals surface area (Å²) in [6.45, 7) is 12.8. The van der Waals surface area contributed by atoms with E-state index in [0.29, 0.717) is 43.3 Å². The van der Waals surface area contributed by atoms with Gasteiger partial charge < -0.3 is 14.7 Å². The number of piperazine rings is 1. The Morgan fingerprint density at radius 1 is 1.12 bits per heavy atom. The molecule has 0 saturated carbocycles. The van der Waals surface area contributed by atoms with E-state index in [1.807, 2.05) is 4.90 Å². The second-order valence-electron chi connectivity index (χ2n) is 10.1. The van der Waals surface area contributed by atoms with Gasteiger partial charge in [-0.1, -0.05) is 13.8 Å². The zero-order chi connectivity index (χ0) is 24.0. The first-order valence-electron chi connectivity index (χ1n) is 12.0. The molecule has 182 valence electrons. The topological polar surface area (TPSA) is 81.2 Å². The lowest BCUT2D eigenvalue weighted by molar-refractivity contribution is -0.133. The number of anilines is 1. The van der Waals surface area contributed by atoms with Gasteiger partial charge in [0.2, 0.25) is 21.8 Å². The van der Waals surface area contributed by atoms with Crippen molar-refractivity contribution >= 4 is 27.5 Å². The first kappa shape index (κ1) is 24.2. The molecular formula is C24H36N4O4S. The minimum absolute atomic E-state index is 0.0167. The molecule has 3 aliphatic rings. The molecule has 3 heterocycles. The molecular weight excluding hydrogens is 440 g/mol. The fourth-order valence-corrected chi connectivity index (χ4v) is 6.82. The highest BCUT2D eigenvalue weighted by Gasteiger charge is 2.45. The van der Waals surface area contributed by atoms with Crippen LogP contribution in [0, 0.1) is 5.92 Å². The highest BCUT2D eigenvalue weighted by atomic mass is 32.2. The summed E-state index contributed by atoms with van der Waals surface area (Å²) >= 11 is 0. The quantitative estimate of drug-likeness (QED) is 0.648. The summed E-state index contributed by atoms with van der Waals surface area (Å²) in [4.78, 5) is 32.2. The molecule has 33 heavy (non-hydrogen) atoms. The van der Waals surface area contributed by atoms with Gasteiger partial charge in [0.1, 0.15) is 6.54 Å². The van der Waals surface area contributed by atoms with E-state index in [0.717, 1.165) is 32.5 Å². The highest BCUT2D eigenvalue weighted by molar-refractivity contribution is 7.89. The third-order valence-electron chi connectivity index (χ3n) is 7.44. The van der Waals surface area contributed by atoms with Gasteiger partial charge in [-0.05, 0) is 62.9 Å². The van der Waals surface area contributed by atoms with Crippen LogP contribution in [-0.4, -0.2) is 86.7 Å². The molecule has 0 unspecified atom stereocenters. The van der Waals surface area contributed by atoms with Gasteiger partial charge >= 0.3 is 0 Å². The van der Waals surface area contributed by atoms with Crippen LogP contribution in [-0.2, 0) is 25.0 Å². The summed E-state index contributed by atoms with van der Waals surface area (Å²) in [6, 6.07) is 4.93. The molecule has 0 aromatic heterocycles. The lowest BCUT2D eigenvalue weighted by atomic mass is 9.86. The van der Waals surface area contributed by atoms with E-state index < -0.39 is 15.4 Å². The van der Waals surface area contributed by atoms with Crippen molar-refractivity contribution in [1.29, 1.82) is 0 Å². The second-order valence-corrected chi connectivity index (χ2v) is 12.1. The number of hydrogen-bond acceptors (Lipinski definition) is 5. The molecule has 2 fully saturated rings. The van der Waals surface area contributed by atoms with Crippen molar-refractivity contribution in [2.45, 2.75) is 50.8 Å². The van der Waals surface area contributed by atoms with E-state index in [4.69, 9.17) is 0 Å². The van der Waals surface area contributed by atoms with E-state index in [-0.39, 0.29) is 23.3 Å². The normalized spacial score (nSPS) is 24.2. The van der Waals surface area contributed by atoms with Crippen LogP contribution in [0.4, 0.5) is 5.69 Å². The van der Waals surface area contributed by atoms with Gasteiger partial charge in [-0.25, -0.2) is 8.42 Å². The standard InChI is InChI=1S/C24H36N4O4S/c1-5-25-11-13-26(14-12-25)22(29)17-28-21-9-8-19(15-20(21)24(3,4)23(28)30)33(31,32)27-10-6-7-18(2)16-27/h8-9,15,18H,5-7,10-14,16-17H2,1-4H3/t18-/m1/s1. The molecule has 0 radical (unpaired) electrons. The minimum Gasteiger partial charge on any atom is -0.339 e. The number of piperidine rings is 1. The molecule has 2 amide bonds. The van der Waals surface area contributed by atoms with Gasteiger partial charge in [-0.15, -0.1) is 0 Å². The summed E-state index contributed by atoms with van der Waals surface area (Å²) in [5.74, 6) is 0.0996. The number of fused-ring (bicyclic) bond motifs is 1. The van der Waals surface area contributed by atoms with Crippen molar-refractivity contribution in [2.75, 3.05) is 57.3 Å². The number of nitrogens with zero attached hydrogens (tertiary/aromatic N) is 4. The van der Waals surface area contributed by atoms with Crippen molar-refractivity contribution in [2.24, 2.45) is 5.92 Å². The lowest BCUT2D eigenvalue weighted by Crippen LogP contribution is -2.52. The Hall–Kier alpha value is -1.97. The second kappa shape index (κ2) is 9.00. The molecule has 1 aromatic rings. The molecule has 2 saturated heterocycles. The van der Waals surface area contributed by atoms with Crippen LogP contribution in [0.5, 0.6) is 0 Å². The Kier molecular flexibility index (Phi) is 6.59. The van der Waals surface area contributed by atoms with E-state index >= 15 is 0 Å². The molecule has 8 nitrogen and oxygen atoms in total. The maximum Gasteiger partial charge on any atom is 0.243 e. The summed E-state index contributed by atoms with van der Waals surface area (Å²) in [5, 5.41) is 0. The minimum atomic E-state index is -3.63. The molecule has 0 spiro atoms. The van der Waals surface area contributed by atoms with Gasteiger partial charge in [-0.3, -0.25) is 9.59 Å². The van der Waals surface area contributed by atoms with Crippen LogP contribution in [0.3, 0.4) is 0 Å². The Morgan fingerprint density at radius 2 is 1.82 bits per heavy atom.